The fourth-order valence-electron chi connectivity index (χ4n) is 2.46. The Bertz CT molecular complexity index is 660. The van der Waals surface area contributed by atoms with Gasteiger partial charge >= 0.3 is 0 Å². The van der Waals surface area contributed by atoms with Crippen LogP contribution in [0.2, 0.25) is 0 Å². The molecule has 0 spiro atoms. The molecule has 2 aromatic rings. The maximum absolute atomic E-state index is 12.2. The highest BCUT2D eigenvalue weighted by atomic mass is 16.1. The highest BCUT2D eigenvalue weighted by molar-refractivity contribution is 6.05. The Kier molecular flexibility index (Phi) is 3.18. The molecule has 1 amide bonds. The van der Waals surface area contributed by atoms with Crippen LogP contribution in [0.4, 0.5) is 11.4 Å². The van der Waals surface area contributed by atoms with Crippen LogP contribution in [-0.2, 0) is 13.5 Å². The van der Waals surface area contributed by atoms with Crippen molar-refractivity contribution < 1.29 is 4.79 Å². The van der Waals surface area contributed by atoms with Crippen LogP contribution < -0.4 is 10.6 Å². The zero-order valence-corrected chi connectivity index (χ0v) is 11.7. The Balaban J connectivity index is 1.81. The summed E-state index contributed by atoms with van der Waals surface area (Å²) >= 11 is 0. The Morgan fingerprint density at radius 1 is 1.45 bits per heavy atom. The van der Waals surface area contributed by atoms with Crippen molar-refractivity contribution in [2.24, 2.45) is 7.05 Å². The Morgan fingerprint density at radius 3 is 3.05 bits per heavy atom. The monoisotopic (exact) mass is 270 g/mol. The van der Waals surface area contributed by atoms with Gasteiger partial charge in [0.25, 0.3) is 5.91 Å². The number of hydrogen-bond donors (Lipinski definition) is 2. The molecule has 0 bridgehead atoms. The highest BCUT2D eigenvalue weighted by Crippen LogP contribution is 2.25. The molecular weight excluding hydrogens is 252 g/mol. The number of benzene rings is 1. The van der Waals surface area contributed by atoms with Crippen molar-refractivity contribution in [1.82, 2.24) is 9.78 Å². The van der Waals surface area contributed by atoms with Crippen LogP contribution in [-0.4, -0.2) is 22.2 Å². The number of anilines is 2. The number of hydrogen-bond acceptors (Lipinski definition) is 3. The summed E-state index contributed by atoms with van der Waals surface area (Å²) in [5.41, 5.74) is 4.71. The minimum atomic E-state index is -0.119. The summed E-state index contributed by atoms with van der Waals surface area (Å²) in [6, 6.07) is 6.03. The molecule has 5 nitrogen and oxygen atoms in total. The molecule has 1 aliphatic rings. The predicted octanol–water partition coefficient (Wildman–Crippen LogP) is 2.34. The van der Waals surface area contributed by atoms with Crippen LogP contribution in [0.5, 0.6) is 0 Å². The predicted molar refractivity (Wildman–Crippen MR) is 79.2 cm³/mol. The first-order valence-electron chi connectivity index (χ1n) is 6.82. The van der Waals surface area contributed by atoms with E-state index in [0.717, 1.165) is 36.5 Å². The minimum Gasteiger partial charge on any atom is -0.385 e. The van der Waals surface area contributed by atoms with Gasteiger partial charge in [-0.1, -0.05) is 6.07 Å². The van der Waals surface area contributed by atoms with Gasteiger partial charge in [-0.05, 0) is 37.5 Å². The average Bonchev–Trinajstić information content (AvgIpc) is 2.79. The van der Waals surface area contributed by atoms with Crippen LogP contribution in [0.15, 0.2) is 24.4 Å². The molecule has 0 aliphatic carbocycles. The molecule has 1 aromatic carbocycles. The van der Waals surface area contributed by atoms with Crippen molar-refractivity contribution in [1.29, 1.82) is 0 Å². The van der Waals surface area contributed by atoms with Gasteiger partial charge in [-0.3, -0.25) is 9.48 Å². The van der Waals surface area contributed by atoms with E-state index in [-0.39, 0.29) is 5.91 Å². The maximum atomic E-state index is 12.2. The normalized spacial score (nSPS) is 13.5. The molecule has 0 unspecified atom stereocenters. The van der Waals surface area contributed by atoms with Crippen molar-refractivity contribution >= 4 is 17.3 Å². The number of carbonyl (C=O) groups is 1. The quantitative estimate of drug-likeness (QED) is 0.880. The van der Waals surface area contributed by atoms with E-state index >= 15 is 0 Å². The van der Waals surface area contributed by atoms with Crippen molar-refractivity contribution in [3.63, 3.8) is 0 Å². The topological polar surface area (TPSA) is 59.0 Å². The molecule has 5 heteroatoms. The largest absolute Gasteiger partial charge is 0.385 e. The van der Waals surface area contributed by atoms with Gasteiger partial charge in [0.1, 0.15) is 0 Å². The van der Waals surface area contributed by atoms with E-state index in [2.05, 4.69) is 21.8 Å². The standard InChI is InChI=1S/C15H18N4O/c1-10-13(9-17-19(10)2)15(20)18-12-6-5-11-4-3-7-16-14(11)8-12/h5-6,8-9,16H,3-4,7H2,1-2H3,(H,18,20). The number of fused-ring (bicyclic) bond motifs is 1. The van der Waals surface area contributed by atoms with Gasteiger partial charge in [0, 0.05) is 30.7 Å². The summed E-state index contributed by atoms with van der Waals surface area (Å²) in [5.74, 6) is -0.119. The van der Waals surface area contributed by atoms with E-state index in [1.807, 2.05) is 26.1 Å². The van der Waals surface area contributed by atoms with E-state index in [0.29, 0.717) is 5.56 Å². The third-order valence-corrected chi connectivity index (χ3v) is 3.79. The average molecular weight is 270 g/mol. The molecule has 0 fully saturated rings. The lowest BCUT2D eigenvalue weighted by Gasteiger charge is -2.18. The van der Waals surface area contributed by atoms with Crippen molar-refractivity contribution in [3.05, 3.63) is 41.2 Å². The fraction of sp³-hybridized carbons (Fsp3) is 0.333. The van der Waals surface area contributed by atoms with Crippen LogP contribution in [0.25, 0.3) is 0 Å². The van der Waals surface area contributed by atoms with E-state index in [4.69, 9.17) is 0 Å². The lowest BCUT2D eigenvalue weighted by Crippen LogP contribution is -2.15. The van der Waals surface area contributed by atoms with Crippen LogP contribution in [0.3, 0.4) is 0 Å². The number of nitrogens with zero attached hydrogens (tertiary/aromatic N) is 2. The lowest BCUT2D eigenvalue weighted by atomic mass is 10.0. The van der Waals surface area contributed by atoms with Gasteiger partial charge in [-0.25, -0.2) is 0 Å². The van der Waals surface area contributed by atoms with Crippen molar-refractivity contribution in [3.8, 4) is 0 Å². The van der Waals surface area contributed by atoms with Crippen molar-refractivity contribution in [2.75, 3.05) is 17.2 Å². The Morgan fingerprint density at radius 2 is 2.30 bits per heavy atom. The molecular formula is C15H18N4O. The van der Waals surface area contributed by atoms with Gasteiger partial charge in [0.15, 0.2) is 0 Å². The first-order chi connectivity index (χ1) is 9.65. The van der Waals surface area contributed by atoms with Crippen molar-refractivity contribution in [2.45, 2.75) is 19.8 Å². The second-order valence-electron chi connectivity index (χ2n) is 5.12. The number of nitrogens with one attached hydrogen (secondary N) is 2. The molecule has 1 aliphatic heterocycles. The summed E-state index contributed by atoms with van der Waals surface area (Å²) in [6.07, 6.45) is 3.85. The first kappa shape index (κ1) is 12.7. The third-order valence-electron chi connectivity index (χ3n) is 3.79. The summed E-state index contributed by atoms with van der Waals surface area (Å²) in [5, 5.41) is 10.4. The Hall–Kier alpha value is -2.30. The smallest absolute Gasteiger partial charge is 0.259 e. The van der Waals surface area contributed by atoms with Crippen LogP contribution >= 0.6 is 0 Å². The highest BCUT2D eigenvalue weighted by Gasteiger charge is 2.14. The van der Waals surface area contributed by atoms with E-state index in [1.54, 1.807) is 10.9 Å². The Labute approximate surface area is 118 Å². The van der Waals surface area contributed by atoms with Gasteiger partial charge < -0.3 is 10.6 Å². The number of aromatic nitrogens is 2. The first-order valence-corrected chi connectivity index (χ1v) is 6.82. The van der Waals surface area contributed by atoms with E-state index < -0.39 is 0 Å². The molecule has 0 saturated heterocycles. The summed E-state index contributed by atoms with van der Waals surface area (Å²) in [7, 11) is 1.83. The van der Waals surface area contributed by atoms with E-state index in [9.17, 15) is 4.79 Å². The van der Waals surface area contributed by atoms with Crippen LogP contribution in [0.1, 0.15) is 28.0 Å². The zero-order valence-electron chi connectivity index (χ0n) is 11.7. The maximum Gasteiger partial charge on any atom is 0.259 e. The minimum absolute atomic E-state index is 0.119. The number of rotatable bonds is 2. The fourth-order valence-corrected chi connectivity index (χ4v) is 2.46. The molecule has 1 aromatic heterocycles. The van der Waals surface area contributed by atoms with Crippen LogP contribution in [0, 0.1) is 6.92 Å². The SMILES string of the molecule is Cc1c(C(=O)Nc2ccc3c(c2)NCCC3)cnn1C. The number of carbonyl (C=O) groups excluding carboxylic acids is 1. The summed E-state index contributed by atoms with van der Waals surface area (Å²) in [4.78, 5) is 12.2. The second-order valence-corrected chi connectivity index (χ2v) is 5.12. The molecule has 2 heterocycles. The molecule has 2 N–H and O–H groups in total. The van der Waals surface area contributed by atoms with Gasteiger partial charge in [-0.15, -0.1) is 0 Å². The summed E-state index contributed by atoms with van der Waals surface area (Å²) in [6.45, 7) is 2.88. The molecule has 20 heavy (non-hydrogen) atoms. The molecule has 0 radical (unpaired) electrons. The molecule has 0 atom stereocenters. The second kappa shape index (κ2) is 5.00. The molecule has 3 rings (SSSR count). The lowest BCUT2D eigenvalue weighted by molar-refractivity contribution is 0.102. The van der Waals surface area contributed by atoms with Gasteiger partial charge in [-0.2, -0.15) is 5.10 Å². The summed E-state index contributed by atoms with van der Waals surface area (Å²) < 4.78 is 1.70. The van der Waals surface area contributed by atoms with E-state index in [1.165, 1.54) is 5.56 Å². The number of amides is 1. The molecule has 0 saturated carbocycles. The van der Waals surface area contributed by atoms with Gasteiger partial charge in [0.05, 0.1) is 11.8 Å². The van der Waals surface area contributed by atoms with Gasteiger partial charge in [0.2, 0.25) is 0 Å². The third kappa shape index (κ3) is 2.27. The zero-order chi connectivity index (χ0) is 14.1. The number of aryl methyl sites for hydroxylation is 2. The molecule has 104 valence electrons.